The quantitative estimate of drug-likeness (QED) is 0.297. The average Bonchev–Trinajstić information content (AvgIpc) is 2.79. The fraction of sp³-hybridized carbons (Fsp3) is 0.0417. The molecule has 4 rings (SSSR count). The van der Waals surface area contributed by atoms with Crippen molar-refractivity contribution in [2.24, 2.45) is 0 Å². The second-order valence-electron chi connectivity index (χ2n) is 7.14. The standard InChI is InChI=1S/C24H14Cl4N2O4/c25-15-8-14(21(20(28)10-15)34-12-13-4-2-1-3-5-13)9-17-22(31)29-24(33)30(23(17)32)16-6-7-18(26)19(27)11-16/h1-11H,12H2,(H,29,31,33)/b17-9+. The van der Waals surface area contributed by atoms with Crippen LogP contribution in [0.3, 0.4) is 0 Å². The van der Waals surface area contributed by atoms with Crippen LogP contribution in [0.25, 0.3) is 6.08 Å². The lowest BCUT2D eigenvalue weighted by atomic mass is 10.1. The highest BCUT2D eigenvalue weighted by molar-refractivity contribution is 6.43. The first-order valence-corrected chi connectivity index (χ1v) is 11.3. The van der Waals surface area contributed by atoms with Gasteiger partial charge >= 0.3 is 6.03 Å². The molecule has 3 aromatic rings. The van der Waals surface area contributed by atoms with E-state index in [1.54, 1.807) is 0 Å². The first-order valence-electron chi connectivity index (χ1n) is 9.77. The summed E-state index contributed by atoms with van der Waals surface area (Å²) in [5.74, 6) is -1.52. The highest BCUT2D eigenvalue weighted by Gasteiger charge is 2.37. The molecule has 6 nitrogen and oxygen atoms in total. The summed E-state index contributed by atoms with van der Waals surface area (Å²) < 4.78 is 5.89. The van der Waals surface area contributed by atoms with Gasteiger partial charge in [-0.25, -0.2) is 9.69 Å². The van der Waals surface area contributed by atoms with Crippen LogP contribution in [-0.4, -0.2) is 17.8 Å². The number of barbiturate groups is 1. The molecular formula is C24H14Cl4N2O4. The lowest BCUT2D eigenvalue weighted by Crippen LogP contribution is -2.54. The van der Waals surface area contributed by atoms with E-state index in [9.17, 15) is 14.4 Å². The number of rotatable bonds is 5. The fourth-order valence-corrected chi connectivity index (χ4v) is 4.10. The van der Waals surface area contributed by atoms with Gasteiger partial charge in [-0.05, 0) is 42.0 Å². The molecule has 0 unspecified atom stereocenters. The van der Waals surface area contributed by atoms with Crippen LogP contribution >= 0.6 is 46.4 Å². The number of hydrogen-bond donors (Lipinski definition) is 1. The average molecular weight is 536 g/mol. The first-order chi connectivity index (χ1) is 16.2. The van der Waals surface area contributed by atoms with Gasteiger partial charge in [0.1, 0.15) is 17.9 Å². The number of hydrogen-bond acceptors (Lipinski definition) is 4. The molecule has 0 saturated carbocycles. The molecule has 1 saturated heterocycles. The number of urea groups is 1. The van der Waals surface area contributed by atoms with E-state index < -0.39 is 17.8 Å². The highest BCUT2D eigenvalue weighted by atomic mass is 35.5. The normalized spacial score (nSPS) is 15.0. The minimum atomic E-state index is -0.921. The minimum Gasteiger partial charge on any atom is -0.487 e. The molecule has 1 N–H and O–H groups in total. The summed E-state index contributed by atoms with van der Waals surface area (Å²) in [6.45, 7) is 0.187. The van der Waals surface area contributed by atoms with Gasteiger partial charge in [0.25, 0.3) is 11.8 Å². The smallest absolute Gasteiger partial charge is 0.335 e. The van der Waals surface area contributed by atoms with E-state index in [2.05, 4.69) is 5.32 Å². The van der Waals surface area contributed by atoms with Gasteiger partial charge in [0.2, 0.25) is 0 Å². The van der Waals surface area contributed by atoms with Crippen molar-refractivity contribution in [2.45, 2.75) is 6.61 Å². The summed E-state index contributed by atoms with van der Waals surface area (Å²) in [4.78, 5) is 39.0. The van der Waals surface area contributed by atoms with Crippen molar-refractivity contribution < 1.29 is 19.1 Å². The van der Waals surface area contributed by atoms with Crippen LogP contribution in [0, 0.1) is 0 Å². The lowest BCUT2D eigenvalue weighted by molar-refractivity contribution is -0.122. The Balaban J connectivity index is 1.73. The third-order valence-electron chi connectivity index (χ3n) is 4.83. The number of imide groups is 2. The van der Waals surface area contributed by atoms with Crippen LogP contribution in [0.1, 0.15) is 11.1 Å². The Morgan fingerprint density at radius 1 is 0.853 bits per heavy atom. The van der Waals surface area contributed by atoms with E-state index in [4.69, 9.17) is 51.1 Å². The van der Waals surface area contributed by atoms with Crippen molar-refractivity contribution in [3.05, 3.63) is 97.5 Å². The number of amides is 4. The maximum atomic E-state index is 13.2. The van der Waals surface area contributed by atoms with Crippen LogP contribution in [0.15, 0.2) is 66.2 Å². The van der Waals surface area contributed by atoms with E-state index >= 15 is 0 Å². The highest BCUT2D eigenvalue weighted by Crippen LogP contribution is 2.36. The number of benzene rings is 3. The van der Waals surface area contributed by atoms with E-state index in [1.807, 2.05) is 30.3 Å². The Hall–Kier alpha value is -3.03. The number of anilines is 1. The van der Waals surface area contributed by atoms with Gasteiger partial charge in [-0.1, -0.05) is 76.7 Å². The Labute approximate surface area is 214 Å². The minimum absolute atomic E-state index is 0.139. The summed E-state index contributed by atoms with van der Waals surface area (Å²) >= 11 is 24.5. The number of nitrogens with zero attached hydrogens (tertiary/aromatic N) is 1. The van der Waals surface area contributed by atoms with Crippen LogP contribution in [0.4, 0.5) is 10.5 Å². The molecule has 0 radical (unpaired) electrons. The van der Waals surface area contributed by atoms with Gasteiger partial charge in [-0.2, -0.15) is 0 Å². The number of ether oxygens (including phenoxy) is 1. The van der Waals surface area contributed by atoms with E-state index in [-0.39, 0.29) is 49.3 Å². The Morgan fingerprint density at radius 2 is 1.59 bits per heavy atom. The van der Waals surface area contributed by atoms with Crippen molar-refractivity contribution in [1.29, 1.82) is 0 Å². The fourth-order valence-electron chi connectivity index (χ4n) is 3.24. The molecule has 172 valence electrons. The summed E-state index contributed by atoms with van der Waals surface area (Å²) in [5.41, 5.74) is 0.985. The molecule has 10 heteroatoms. The molecule has 1 aliphatic heterocycles. The molecule has 0 spiro atoms. The molecule has 0 atom stereocenters. The third kappa shape index (κ3) is 5.05. The second kappa shape index (κ2) is 10.1. The molecule has 3 aromatic carbocycles. The number of halogens is 4. The summed E-state index contributed by atoms with van der Waals surface area (Å²) in [6.07, 6.45) is 1.27. The summed E-state index contributed by atoms with van der Waals surface area (Å²) in [6, 6.07) is 15.6. The van der Waals surface area contributed by atoms with Crippen molar-refractivity contribution in [1.82, 2.24) is 5.32 Å². The van der Waals surface area contributed by atoms with Gasteiger partial charge in [0, 0.05) is 10.6 Å². The van der Waals surface area contributed by atoms with E-state index in [0.29, 0.717) is 0 Å². The maximum Gasteiger partial charge on any atom is 0.335 e. The third-order valence-corrected chi connectivity index (χ3v) is 6.06. The maximum absolute atomic E-state index is 13.2. The van der Waals surface area contributed by atoms with Crippen LogP contribution in [-0.2, 0) is 16.2 Å². The zero-order valence-corrected chi connectivity index (χ0v) is 20.2. The predicted molar refractivity (Wildman–Crippen MR) is 133 cm³/mol. The summed E-state index contributed by atoms with van der Waals surface area (Å²) in [7, 11) is 0. The molecule has 34 heavy (non-hydrogen) atoms. The largest absolute Gasteiger partial charge is 0.487 e. The van der Waals surface area contributed by atoms with Gasteiger partial charge < -0.3 is 4.74 Å². The molecule has 1 fully saturated rings. The number of carbonyl (C=O) groups excluding carboxylic acids is 3. The molecule has 4 amide bonds. The van der Waals surface area contributed by atoms with Crippen LogP contribution in [0.5, 0.6) is 5.75 Å². The number of nitrogens with one attached hydrogen (secondary N) is 1. The Kier molecular flexibility index (Phi) is 7.14. The molecule has 0 aromatic heterocycles. The SMILES string of the molecule is O=C1NC(=O)N(c2ccc(Cl)c(Cl)c2)C(=O)/C1=C/c1cc(Cl)cc(Cl)c1OCc1ccccc1. The summed E-state index contributed by atoms with van der Waals surface area (Å²) in [5, 5.41) is 2.99. The zero-order chi connectivity index (χ0) is 24.4. The van der Waals surface area contributed by atoms with Gasteiger partial charge in [-0.15, -0.1) is 0 Å². The van der Waals surface area contributed by atoms with Gasteiger partial charge in [0.15, 0.2) is 0 Å². The van der Waals surface area contributed by atoms with E-state index in [0.717, 1.165) is 10.5 Å². The van der Waals surface area contributed by atoms with Crippen LogP contribution in [0.2, 0.25) is 20.1 Å². The van der Waals surface area contributed by atoms with Crippen molar-refractivity contribution in [2.75, 3.05) is 4.90 Å². The van der Waals surface area contributed by atoms with Crippen molar-refractivity contribution in [3.63, 3.8) is 0 Å². The number of carbonyl (C=O) groups is 3. The topological polar surface area (TPSA) is 75.7 Å². The molecule has 0 bridgehead atoms. The first kappa shape index (κ1) is 24.1. The van der Waals surface area contributed by atoms with Crippen LogP contribution < -0.4 is 15.0 Å². The van der Waals surface area contributed by atoms with E-state index in [1.165, 1.54) is 36.4 Å². The van der Waals surface area contributed by atoms with Gasteiger partial charge in [0.05, 0.1) is 20.8 Å². The lowest BCUT2D eigenvalue weighted by Gasteiger charge is -2.26. The monoisotopic (exact) mass is 534 g/mol. The van der Waals surface area contributed by atoms with Gasteiger partial charge in [-0.3, -0.25) is 14.9 Å². The molecule has 0 aliphatic carbocycles. The van der Waals surface area contributed by atoms with Crippen molar-refractivity contribution >= 4 is 76.0 Å². The predicted octanol–water partition coefficient (Wildman–Crippen LogP) is 6.55. The molecule has 1 aliphatic rings. The van der Waals surface area contributed by atoms with Crippen molar-refractivity contribution in [3.8, 4) is 5.75 Å². The Morgan fingerprint density at radius 3 is 2.29 bits per heavy atom. The molecular weight excluding hydrogens is 522 g/mol. The second-order valence-corrected chi connectivity index (χ2v) is 8.79. The molecule has 1 heterocycles. The zero-order valence-electron chi connectivity index (χ0n) is 17.2. The Bertz CT molecular complexity index is 1340.